The van der Waals surface area contributed by atoms with Crippen LogP contribution in [0.1, 0.15) is 38.0 Å². The molecule has 1 aliphatic rings. The molecule has 0 saturated heterocycles. The number of aryl methyl sites for hydroxylation is 1. The van der Waals surface area contributed by atoms with Crippen LogP contribution in [0.15, 0.2) is 36.4 Å². The van der Waals surface area contributed by atoms with Gasteiger partial charge in [0.2, 0.25) is 0 Å². The number of urea groups is 1. The van der Waals surface area contributed by atoms with E-state index in [9.17, 15) is 4.79 Å². The van der Waals surface area contributed by atoms with E-state index in [1.807, 2.05) is 39.8 Å². The van der Waals surface area contributed by atoms with Crippen molar-refractivity contribution < 1.29 is 14.3 Å². The highest BCUT2D eigenvalue weighted by Crippen LogP contribution is 2.50. The molecule has 26 heavy (non-hydrogen) atoms. The van der Waals surface area contributed by atoms with Gasteiger partial charge in [-0.2, -0.15) is 0 Å². The topological polar surface area (TPSA) is 59.6 Å². The molecule has 0 aromatic heterocycles. The Bertz CT molecular complexity index is 819. The van der Waals surface area contributed by atoms with Crippen molar-refractivity contribution in [3.63, 3.8) is 0 Å². The molecule has 1 heterocycles. The molecule has 0 radical (unpaired) electrons. The lowest BCUT2D eigenvalue weighted by Gasteiger charge is -2.26. The van der Waals surface area contributed by atoms with Gasteiger partial charge < -0.3 is 20.1 Å². The molecule has 0 aliphatic carbocycles. The number of ether oxygens (including phenoxy) is 2. The fourth-order valence-electron chi connectivity index (χ4n) is 3.16. The zero-order valence-electron chi connectivity index (χ0n) is 15.4. The summed E-state index contributed by atoms with van der Waals surface area (Å²) in [5.74, 6) is 0.666. The fourth-order valence-corrected chi connectivity index (χ4v) is 3.29. The minimum absolute atomic E-state index is 0.177. The van der Waals surface area contributed by atoms with E-state index < -0.39 is 5.60 Å². The lowest BCUT2D eigenvalue weighted by molar-refractivity contribution is -0.0471. The molecule has 0 fully saturated rings. The summed E-state index contributed by atoms with van der Waals surface area (Å²) in [6.07, 6.45) is -0.177. The number of halogens is 1. The highest BCUT2D eigenvalue weighted by atomic mass is 35.5. The molecule has 0 unspecified atom stereocenters. The number of benzene rings is 2. The van der Waals surface area contributed by atoms with Crippen molar-refractivity contribution in [2.45, 2.75) is 39.4 Å². The van der Waals surface area contributed by atoms with E-state index in [0.717, 1.165) is 11.1 Å². The maximum atomic E-state index is 12.4. The number of rotatable bonds is 4. The van der Waals surface area contributed by atoms with Crippen LogP contribution in [0.2, 0.25) is 5.02 Å². The summed E-state index contributed by atoms with van der Waals surface area (Å²) in [5.41, 5.74) is 2.83. The predicted molar refractivity (Wildman–Crippen MR) is 104 cm³/mol. The van der Waals surface area contributed by atoms with Crippen LogP contribution in [0.25, 0.3) is 0 Å². The second-order valence-electron chi connectivity index (χ2n) is 6.80. The van der Waals surface area contributed by atoms with Crippen LogP contribution in [0.4, 0.5) is 16.2 Å². The first-order valence-electron chi connectivity index (χ1n) is 8.59. The summed E-state index contributed by atoms with van der Waals surface area (Å²) >= 11 is 5.87. The van der Waals surface area contributed by atoms with E-state index in [4.69, 9.17) is 21.1 Å². The molecule has 6 heteroatoms. The average Bonchev–Trinajstić information content (AvgIpc) is 2.85. The van der Waals surface area contributed by atoms with Gasteiger partial charge in [-0.1, -0.05) is 17.7 Å². The van der Waals surface area contributed by atoms with Crippen molar-refractivity contribution in [2.24, 2.45) is 0 Å². The molecule has 0 spiro atoms. The summed E-state index contributed by atoms with van der Waals surface area (Å²) in [6.45, 7) is 8.55. The lowest BCUT2D eigenvalue weighted by Crippen LogP contribution is -2.32. The summed E-state index contributed by atoms with van der Waals surface area (Å²) in [5, 5.41) is 6.27. The van der Waals surface area contributed by atoms with Crippen molar-refractivity contribution in [1.29, 1.82) is 0 Å². The van der Waals surface area contributed by atoms with Crippen LogP contribution in [0.3, 0.4) is 0 Å². The lowest BCUT2D eigenvalue weighted by atomic mass is 9.94. The van der Waals surface area contributed by atoms with E-state index >= 15 is 0 Å². The smallest absolute Gasteiger partial charge is 0.323 e. The van der Waals surface area contributed by atoms with Gasteiger partial charge in [0.25, 0.3) is 0 Å². The maximum Gasteiger partial charge on any atom is 0.323 e. The van der Waals surface area contributed by atoms with Crippen LogP contribution in [-0.4, -0.2) is 18.2 Å². The van der Waals surface area contributed by atoms with Crippen LogP contribution in [0, 0.1) is 6.92 Å². The summed E-state index contributed by atoms with van der Waals surface area (Å²) in [4.78, 5) is 12.4. The largest absolute Gasteiger partial charge is 0.482 e. The Labute approximate surface area is 158 Å². The molecule has 2 aromatic carbocycles. The third-order valence-corrected chi connectivity index (χ3v) is 4.61. The average molecular weight is 375 g/mol. The second-order valence-corrected chi connectivity index (χ2v) is 7.24. The van der Waals surface area contributed by atoms with Crippen LogP contribution < -0.4 is 15.4 Å². The molecule has 3 rings (SSSR count). The first kappa shape index (κ1) is 18.5. The van der Waals surface area contributed by atoms with Gasteiger partial charge in [-0.15, -0.1) is 0 Å². The first-order valence-corrected chi connectivity index (χ1v) is 8.97. The molecule has 2 N–H and O–H groups in total. The molecule has 0 saturated carbocycles. The van der Waals surface area contributed by atoms with Crippen molar-refractivity contribution in [1.82, 2.24) is 0 Å². The summed E-state index contributed by atoms with van der Waals surface area (Å²) in [7, 11) is 0. The standard InChI is InChI=1S/C20H23ClN2O3/c1-5-25-18-16-12(2)6-11-15(17(16)26-20(18,3)4)23-19(24)22-14-9-7-13(21)8-10-14/h6-11,18H,5H2,1-4H3,(H2,22,23,24)/t18-/m1/s1. The Balaban J connectivity index is 1.84. The molecule has 1 atom stereocenters. The van der Waals surface area contributed by atoms with Crippen LogP contribution >= 0.6 is 11.6 Å². The first-order chi connectivity index (χ1) is 12.3. The number of hydrogen-bond acceptors (Lipinski definition) is 3. The van der Waals surface area contributed by atoms with Crippen molar-refractivity contribution >= 4 is 29.0 Å². The Hall–Kier alpha value is -2.24. The van der Waals surface area contributed by atoms with Gasteiger partial charge in [0.05, 0.1) is 5.69 Å². The second kappa shape index (κ2) is 7.17. The van der Waals surface area contributed by atoms with E-state index in [1.54, 1.807) is 24.3 Å². The minimum Gasteiger partial charge on any atom is -0.482 e. The minimum atomic E-state index is -0.506. The number of anilines is 2. The van der Waals surface area contributed by atoms with Gasteiger partial charge >= 0.3 is 6.03 Å². The van der Waals surface area contributed by atoms with Gasteiger partial charge in [0.1, 0.15) is 17.5 Å². The predicted octanol–water partition coefficient (Wildman–Crippen LogP) is 5.54. The van der Waals surface area contributed by atoms with Crippen molar-refractivity contribution in [3.05, 3.63) is 52.5 Å². The number of fused-ring (bicyclic) bond motifs is 1. The molecule has 138 valence electrons. The summed E-state index contributed by atoms with van der Waals surface area (Å²) in [6, 6.07) is 10.4. The molecule has 1 aliphatic heterocycles. The maximum absolute atomic E-state index is 12.4. The van der Waals surface area contributed by atoms with Crippen LogP contribution in [0.5, 0.6) is 5.75 Å². The summed E-state index contributed by atoms with van der Waals surface area (Å²) < 4.78 is 12.1. The Morgan fingerprint density at radius 1 is 1.19 bits per heavy atom. The number of carbonyl (C=O) groups excluding carboxylic acids is 1. The zero-order chi connectivity index (χ0) is 18.9. The molecular weight excluding hydrogens is 352 g/mol. The highest BCUT2D eigenvalue weighted by Gasteiger charge is 2.44. The van der Waals surface area contributed by atoms with Gasteiger partial charge in [-0.05, 0) is 63.6 Å². The van der Waals surface area contributed by atoms with Crippen molar-refractivity contribution in [2.75, 3.05) is 17.2 Å². The number of nitrogens with one attached hydrogen (secondary N) is 2. The Kier molecular flexibility index (Phi) is 5.12. The normalized spacial score (nSPS) is 17.3. The molecule has 2 amide bonds. The third kappa shape index (κ3) is 3.64. The van der Waals surface area contributed by atoms with E-state index in [1.165, 1.54) is 0 Å². The molecule has 2 aromatic rings. The fraction of sp³-hybridized carbons (Fsp3) is 0.350. The van der Waals surface area contributed by atoms with Gasteiger partial charge in [0.15, 0.2) is 0 Å². The molecule has 5 nitrogen and oxygen atoms in total. The zero-order valence-corrected chi connectivity index (χ0v) is 16.1. The monoisotopic (exact) mass is 374 g/mol. The number of hydrogen-bond donors (Lipinski definition) is 2. The molecular formula is C20H23ClN2O3. The molecule has 0 bridgehead atoms. The van der Waals surface area contributed by atoms with E-state index in [2.05, 4.69) is 10.6 Å². The van der Waals surface area contributed by atoms with Crippen molar-refractivity contribution in [3.8, 4) is 5.75 Å². The van der Waals surface area contributed by atoms with Gasteiger partial charge in [-0.3, -0.25) is 0 Å². The highest BCUT2D eigenvalue weighted by molar-refractivity contribution is 6.30. The van der Waals surface area contributed by atoms with E-state index in [-0.39, 0.29) is 12.1 Å². The van der Waals surface area contributed by atoms with Crippen LogP contribution in [-0.2, 0) is 4.74 Å². The third-order valence-electron chi connectivity index (χ3n) is 4.36. The Morgan fingerprint density at radius 2 is 1.88 bits per heavy atom. The Morgan fingerprint density at radius 3 is 2.54 bits per heavy atom. The SMILES string of the molecule is CCO[C@@H]1c2c(C)ccc(NC(=O)Nc3ccc(Cl)cc3)c2OC1(C)C. The van der Waals surface area contributed by atoms with Gasteiger partial charge in [-0.25, -0.2) is 4.79 Å². The number of amides is 2. The van der Waals surface area contributed by atoms with E-state index in [0.29, 0.717) is 28.8 Å². The quantitative estimate of drug-likeness (QED) is 0.738. The number of carbonyl (C=O) groups is 1. The van der Waals surface area contributed by atoms with Gasteiger partial charge in [0, 0.05) is 22.9 Å².